The quantitative estimate of drug-likeness (QED) is 0.150. The van der Waals surface area contributed by atoms with Crippen LogP contribution in [0.5, 0.6) is 0 Å². The summed E-state index contributed by atoms with van der Waals surface area (Å²) in [7, 11) is 0. The van der Waals surface area contributed by atoms with Gasteiger partial charge in [0.1, 0.15) is 5.84 Å². The van der Waals surface area contributed by atoms with Crippen LogP contribution in [0.2, 0.25) is 0 Å². The average Bonchev–Trinajstić information content (AvgIpc) is 3.42. The van der Waals surface area contributed by atoms with E-state index in [1.54, 1.807) is 12.1 Å². The van der Waals surface area contributed by atoms with Gasteiger partial charge in [0.25, 0.3) is 5.91 Å². The number of amides is 3. The molecule has 1 fully saturated rings. The number of anilines is 1. The van der Waals surface area contributed by atoms with Crippen molar-refractivity contribution in [3.05, 3.63) is 30.3 Å². The first kappa shape index (κ1) is 29.1. The number of benzene rings is 1. The van der Waals surface area contributed by atoms with Crippen LogP contribution in [-0.4, -0.2) is 28.5 Å². The van der Waals surface area contributed by atoms with Gasteiger partial charge in [0, 0.05) is 12.3 Å². The largest absolute Gasteiger partial charge is 0.274 e. The van der Waals surface area contributed by atoms with Gasteiger partial charge >= 0.3 is 0 Å². The molecule has 0 aromatic heterocycles. The molecule has 0 unspecified atom stereocenters. The molecule has 2 aliphatic rings. The van der Waals surface area contributed by atoms with Crippen LogP contribution in [0.15, 0.2) is 35.4 Å². The number of unbranched alkanes of at least 4 members (excludes halogenated alkanes) is 15. The topological polar surface area (TPSA) is 70.1 Å². The first-order chi connectivity index (χ1) is 18.1. The van der Waals surface area contributed by atoms with Crippen molar-refractivity contribution in [2.75, 3.05) is 5.01 Å². The normalized spacial score (nSPS) is 17.8. The van der Waals surface area contributed by atoms with Gasteiger partial charge in [-0.15, -0.1) is 0 Å². The summed E-state index contributed by atoms with van der Waals surface area (Å²) in [6.07, 6.45) is 22.0. The van der Waals surface area contributed by atoms with Gasteiger partial charge in [-0.25, -0.2) is 4.90 Å². The van der Waals surface area contributed by atoms with Gasteiger partial charge in [0.15, 0.2) is 0 Å². The highest BCUT2D eigenvalue weighted by molar-refractivity contribution is 6.24. The van der Waals surface area contributed by atoms with E-state index in [1.165, 1.54) is 94.9 Å². The summed E-state index contributed by atoms with van der Waals surface area (Å²) in [5.74, 6) is -0.649. The highest BCUT2D eigenvalue weighted by atomic mass is 16.2. The Morgan fingerprint density at radius 3 is 1.76 bits per heavy atom. The van der Waals surface area contributed by atoms with Crippen LogP contribution in [0.3, 0.4) is 0 Å². The van der Waals surface area contributed by atoms with E-state index in [9.17, 15) is 14.4 Å². The van der Waals surface area contributed by atoms with E-state index in [0.29, 0.717) is 5.69 Å². The number of nitrogens with zero attached hydrogens (tertiary/aromatic N) is 3. The lowest BCUT2D eigenvalue weighted by Crippen LogP contribution is -2.36. The van der Waals surface area contributed by atoms with Gasteiger partial charge in [0.05, 0.1) is 12.1 Å². The molecule has 1 aromatic rings. The minimum Gasteiger partial charge on any atom is -0.274 e. The van der Waals surface area contributed by atoms with E-state index in [2.05, 4.69) is 12.0 Å². The summed E-state index contributed by atoms with van der Waals surface area (Å²) in [4.78, 5) is 39.1. The fourth-order valence-corrected chi connectivity index (χ4v) is 5.44. The van der Waals surface area contributed by atoms with Crippen LogP contribution in [0.25, 0.3) is 0 Å². The molecule has 1 saturated heterocycles. The Balaban J connectivity index is 1.23. The molecule has 6 nitrogen and oxygen atoms in total. The Morgan fingerprint density at radius 2 is 1.22 bits per heavy atom. The standard InChI is InChI=1S/C31H47N3O3/c1-2-3-4-5-6-7-8-9-10-11-12-13-14-15-16-18-21-26-24-29(35)33(31(26)37)28-25-30(36)34(32-28)27-22-19-17-20-23-27/h17,19-20,22-23,26H,2-16,18,21,24-25H2,1H3/t26-/m1/s1. The molecule has 3 amide bonds. The molecule has 6 heteroatoms. The van der Waals surface area contributed by atoms with Crippen molar-refractivity contribution in [3.8, 4) is 0 Å². The minimum atomic E-state index is -0.275. The van der Waals surface area contributed by atoms with Gasteiger partial charge in [-0.2, -0.15) is 10.1 Å². The number of amidine groups is 1. The van der Waals surface area contributed by atoms with E-state index >= 15 is 0 Å². The molecular weight excluding hydrogens is 462 g/mol. The van der Waals surface area contributed by atoms with Crippen molar-refractivity contribution in [1.82, 2.24) is 4.90 Å². The van der Waals surface area contributed by atoms with E-state index in [0.717, 1.165) is 24.2 Å². The molecule has 1 atom stereocenters. The Labute approximate surface area is 223 Å². The fraction of sp³-hybridized carbons (Fsp3) is 0.677. The molecule has 3 rings (SSSR count). The molecule has 2 heterocycles. The lowest BCUT2D eigenvalue weighted by Gasteiger charge is -2.13. The average molecular weight is 510 g/mol. The minimum absolute atomic E-state index is 0.0157. The fourth-order valence-electron chi connectivity index (χ4n) is 5.44. The summed E-state index contributed by atoms with van der Waals surface area (Å²) in [6, 6.07) is 9.11. The van der Waals surface area contributed by atoms with E-state index in [-0.39, 0.29) is 42.3 Å². The van der Waals surface area contributed by atoms with Crippen LogP contribution in [0.1, 0.15) is 129 Å². The third-order valence-electron chi connectivity index (χ3n) is 7.67. The second-order valence-corrected chi connectivity index (χ2v) is 10.8. The molecule has 0 aliphatic carbocycles. The van der Waals surface area contributed by atoms with Crippen molar-refractivity contribution in [3.63, 3.8) is 0 Å². The van der Waals surface area contributed by atoms with Crippen LogP contribution in [0.4, 0.5) is 5.69 Å². The van der Waals surface area contributed by atoms with E-state index in [4.69, 9.17) is 0 Å². The maximum absolute atomic E-state index is 12.9. The number of para-hydroxylation sites is 1. The Hall–Kier alpha value is -2.50. The zero-order valence-corrected chi connectivity index (χ0v) is 23.0. The van der Waals surface area contributed by atoms with Gasteiger partial charge in [-0.1, -0.05) is 128 Å². The smallest absolute Gasteiger partial charge is 0.255 e. The molecule has 0 radical (unpaired) electrons. The maximum atomic E-state index is 12.9. The van der Waals surface area contributed by atoms with Gasteiger partial charge in [0.2, 0.25) is 11.8 Å². The van der Waals surface area contributed by atoms with Crippen LogP contribution >= 0.6 is 0 Å². The summed E-state index contributed by atoms with van der Waals surface area (Å²) >= 11 is 0. The number of hydrogen-bond acceptors (Lipinski definition) is 4. The molecule has 204 valence electrons. The molecule has 0 saturated carbocycles. The number of hydrazone groups is 1. The highest BCUT2D eigenvalue weighted by Gasteiger charge is 2.43. The second kappa shape index (κ2) is 16.4. The molecule has 37 heavy (non-hydrogen) atoms. The molecule has 2 aliphatic heterocycles. The van der Waals surface area contributed by atoms with Gasteiger partial charge < -0.3 is 0 Å². The Morgan fingerprint density at radius 1 is 0.703 bits per heavy atom. The van der Waals surface area contributed by atoms with Crippen LogP contribution in [0, 0.1) is 5.92 Å². The van der Waals surface area contributed by atoms with Crippen molar-refractivity contribution >= 4 is 29.2 Å². The maximum Gasteiger partial charge on any atom is 0.255 e. The third kappa shape index (κ3) is 9.39. The van der Waals surface area contributed by atoms with E-state index < -0.39 is 0 Å². The molecule has 0 N–H and O–H groups in total. The zero-order chi connectivity index (χ0) is 26.3. The first-order valence-corrected chi connectivity index (χ1v) is 14.9. The number of carbonyl (C=O) groups excluding carboxylic acids is 3. The summed E-state index contributed by atoms with van der Waals surface area (Å²) in [5, 5.41) is 5.61. The number of rotatable bonds is 18. The lowest BCUT2D eigenvalue weighted by atomic mass is 9.98. The van der Waals surface area contributed by atoms with Gasteiger partial charge in [-0.3, -0.25) is 14.4 Å². The number of likely N-dealkylation sites (tertiary alicyclic amines) is 1. The zero-order valence-electron chi connectivity index (χ0n) is 23.0. The summed E-state index contributed by atoms with van der Waals surface area (Å²) in [5.41, 5.74) is 0.645. The van der Waals surface area contributed by atoms with Gasteiger partial charge in [-0.05, 0) is 18.6 Å². The number of carbonyl (C=O) groups is 3. The highest BCUT2D eigenvalue weighted by Crippen LogP contribution is 2.29. The molecular formula is C31H47N3O3. The van der Waals surface area contributed by atoms with Crippen LogP contribution in [-0.2, 0) is 14.4 Å². The summed E-state index contributed by atoms with van der Waals surface area (Å²) in [6.45, 7) is 2.27. The van der Waals surface area contributed by atoms with Crippen molar-refractivity contribution in [2.45, 2.75) is 129 Å². The monoisotopic (exact) mass is 509 g/mol. The van der Waals surface area contributed by atoms with Crippen molar-refractivity contribution < 1.29 is 14.4 Å². The lowest BCUT2D eigenvalue weighted by molar-refractivity contribution is -0.134. The Bertz CT molecular complexity index is 883. The van der Waals surface area contributed by atoms with E-state index in [1.807, 2.05) is 18.2 Å². The van der Waals surface area contributed by atoms with Crippen molar-refractivity contribution in [1.29, 1.82) is 0 Å². The molecule has 0 bridgehead atoms. The number of hydrogen-bond donors (Lipinski definition) is 0. The SMILES string of the molecule is CCCCCCCCCCCCCCCCCC[C@@H]1CC(=O)N(C2=NN(c3ccccc3)C(=O)C2)C1=O. The van der Waals surface area contributed by atoms with Crippen LogP contribution < -0.4 is 5.01 Å². The van der Waals surface area contributed by atoms with Crippen molar-refractivity contribution in [2.24, 2.45) is 11.0 Å². The first-order valence-electron chi connectivity index (χ1n) is 14.9. The second-order valence-electron chi connectivity index (χ2n) is 10.8. The predicted molar refractivity (Wildman–Crippen MR) is 150 cm³/mol. The number of imide groups is 1. The molecule has 0 spiro atoms. The Kier molecular flexibility index (Phi) is 12.9. The third-order valence-corrected chi connectivity index (χ3v) is 7.67. The summed E-state index contributed by atoms with van der Waals surface area (Å²) < 4.78 is 0. The molecule has 1 aromatic carbocycles. The predicted octanol–water partition coefficient (Wildman–Crippen LogP) is 7.76.